The summed E-state index contributed by atoms with van der Waals surface area (Å²) in [5.74, 6) is 0.468. The Balaban J connectivity index is 1.08. The van der Waals surface area contributed by atoms with Crippen LogP contribution in [-0.2, 0) is 16.0 Å². The van der Waals surface area contributed by atoms with E-state index >= 15 is 0 Å². The number of piperazine rings is 1. The molecule has 2 aromatic carbocycles. The Morgan fingerprint density at radius 2 is 1.77 bits per heavy atom. The van der Waals surface area contributed by atoms with Gasteiger partial charge in [0.1, 0.15) is 6.10 Å². The zero-order valence-corrected chi connectivity index (χ0v) is 23.0. The van der Waals surface area contributed by atoms with Crippen molar-refractivity contribution >= 4 is 34.3 Å². The summed E-state index contributed by atoms with van der Waals surface area (Å²) < 4.78 is 11.3. The van der Waals surface area contributed by atoms with Crippen LogP contribution in [-0.4, -0.2) is 67.3 Å². The van der Waals surface area contributed by atoms with Crippen molar-refractivity contribution in [3.63, 3.8) is 0 Å². The normalized spacial score (nSPS) is 16.7. The highest BCUT2D eigenvalue weighted by molar-refractivity contribution is 6.13. The van der Waals surface area contributed by atoms with E-state index in [2.05, 4.69) is 57.2 Å². The first-order valence-electron chi connectivity index (χ1n) is 14.1. The van der Waals surface area contributed by atoms with Crippen molar-refractivity contribution in [3.05, 3.63) is 60.2 Å². The van der Waals surface area contributed by atoms with Gasteiger partial charge in [-0.2, -0.15) is 9.88 Å². The molecule has 3 aromatic rings. The van der Waals surface area contributed by atoms with Crippen LogP contribution in [0.2, 0.25) is 0 Å². The van der Waals surface area contributed by atoms with Crippen LogP contribution in [0.3, 0.4) is 0 Å². The molecule has 2 aliphatic rings. The Morgan fingerprint density at radius 1 is 0.974 bits per heavy atom. The Labute approximate surface area is 230 Å². The number of pyridine rings is 1. The van der Waals surface area contributed by atoms with Gasteiger partial charge in [-0.1, -0.05) is 43.3 Å². The van der Waals surface area contributed by atoms with E-state index in [1.54, 1.807) is 0 Å². The summed E-state index contributed by atoms with van der Waals surface area (Å²) in [6.07, 6.45) is 2.50. The van der Waals surface area contributed by atoms with E-state index in [9.17, 15) is 9.59 Å². The van der Waals surface area contributed by atoms with Crippen LogP contribution in [0.4, 0.5) is 16.3 Å². The standard InChI is InChI=1S/C31H38N4O4/c1-3-23(2)39-31(37)35-29(36)16-14-25-13-15-28(32-30(25)35)38-22-7-6-17-33-18-20-34(21-19-33)27-12-8-10-24-9-4-5-11-26(24)27/h4-5,8-13,15,23H,3,6-7,14,16-22H2,1-2H3. The van der Waals surface area contributed by atoms with Crippen molar-refractivity contribution in [2.75, 3.05) is 49.1 Å². The number of amides is 2. The number of hydrogen-bond acceptors (Lipinski definition) is 7. The average Bonchev–Trinajstić information content (AvgIpc) is 2.96. The van der Waals surface area contributed by atoms with Crippen molar-refractivity contribution in [1.82, 2.24) is 9.88 Å². The Bertz CT molecular complexity index is 1300. The van der Waals surface area contributed by atoms with Crippen molar-refractivity contribution < 1.29 is 19.1 Å². The molecule has 0 bridgehead atoms. The lowest BCUT2D eigenvalue weighted by Crippen LogP contribution is -2.46. The van der Waals surface area contributed by atoms with E-state index in [0.29, 0.717) is 31.1 Å². The number of carbonyl (C=O) groups is 2. The third kappa shape index (κ3) is 6.33. The number of unbranched alkanes of at least 4 members (excludes halogenated alkanes) is 1. The minimum absolute atomic E-state index is 0.265. The van der Waals surface area contributed by atoms with Crippen LogP contribution >= 0.6 is 0 Å². The van der Waals surface area contributed by atoms with Crippen LogP contribution in [0.15, 0.2) is 54.6 Å². The first-order valence-corrected chi connectivity index (χ1v) is 14.1. The number of rotatable bonds is 9. The fourth-order valence-corrected chi connectivity index (χ4v) is 5.21. The van der Waals surface area contributed by atoms with Gasteiger partial charge in [0.25, 0.3) is 0 Å². The molecule has 2 amide bonds. The number of carbonyl (C=O) groups excluding carboxylic acids is 2. The van der Waals surface area contributed by atoms with E-state index in [0.717, 1.165) is 56.0 Å². The molecule has 1 atom stereocenters. The predicted octanol–water partition coefficient (Wildman–Crippen LogP) is 5.43. The average molecular weight is 531 g/mol. The molecule has 2 aliphatic heterocycles. The van der Waals surface area contributed by atoms with Crippen molar-refractivity contribution in [3.8, 4) is 5.88 Å². The van der Waals surface area contributed by atoms with E-state index in [4.69, 9.17) is 9.47 Å². The minimum atomic E-state index is -0.666. The first-order chi connectivity index (χ1) is 19.0. The molecule has 8 nitrogen and oxygen atoms in total. The summed E-state index contributed by atoms with van der Waals surface area (Å²) >= 11 is 0. The van der Waals surface area contributed by atoms with Gasteiger partial charge in [0, 0.05) is 49.7 Å². The molecule has 0 radical (unpaired) electrons. The SMILES string of the molecule is CCC(C)OC(=O)N1C(=O)CCc2ccc(OCCCCN3CCN(c4cccc5ccccc45)CC3)nc21. The molecule has 1 unspecified atom stereocenters. The van der Waals surface area contributed by atoms with Crippen molar-refractivity contribution in [2.24, 2.45) is 0 Å². The quantitative estimate of drug-likeness (QED) is 0.342. The van der Waals surface area contributed by atoms with Gasteiger partial charge in [-0.3, -0.25) is 9.69 Å². The fraction of sp³-hybridized carbons (Fsp3) is 0.452. The topological polar surface area (TPSA) is 75.2 Å². The van der Waals surface area contributed by atoms with Gasteiger partial charge in [0.2, 0.25) is 11.8 Å². The number of fused-ring (bicyclic) bond motifs is 2. The zero-order valence-electron chi connectivity index (χ0n) is 23.0. The molecule has 39 heavy (non-hydrogen) atoms. The number of ether oxygens (including phenoxy) is 2. The van der Waals surface area contributed by atoms with Gasteiger partial charge in [0.15, 0.2) is 5.82 Å². The van der Waals surface area contributed by atoms with Gasteiger partial charge < -0.3 is 14.4 Å². The van der Waals surface area contributed by atoms with Gasteiger partial charge >= 0.3 is 6.09 Å². The summed E-state index contributed by atoms with van der Waals surface area (Å²) in [6.45, 7) is 9.46. The second kappa shape index (κ2) is 12.5. The minimum Gasteiger partial charge on any atom is -0.478 e. The number of benzene rings is 2. The van der Waals surface area contributed by atoms with Crippen LogP contribution in [0.5, 0.6) is 5.88 Å². The van der Waals surface area contributed by atoms with Crippen molar-refractivity contribution in [1.29, 1.82) is 0 Å². The molecule has 1 fully saturated rings. The molecule has 206 valence electrons. The smallest absolute Gasteiger partial charge is 0.422 e. The maximum atomic E-state index is 12.7. The van der Waals surface area contributed by atoms with Gasteiger partial charge in [-0.05, 0) is 62.2 Å². The van der Waals surface area contributed by atoms with Crippen molar-refractivity contribution in [2.45, 2.75) is 52.1 Å². The molecule has 5 rings (SSSR count). The highest BCUT2D eigenvalue weighted by atomic mass is 16.6. The number of anilines is 2. The zero-order chi connectivity index (χ0) is 27.2. The lowest BCUT2D eigenvalue weighted by atomic mass is 10.1. The predicted molar refractivity (Wildman–Crippen MR) is 154 cm³/mol. The molecule has 0 spiro atoms. The summed E-state index contributed by atoms with van der Waals surface area (Å²) in [5.41, 5.74) is 2.18. The summed E-state index contributed by atoms with van der Waals surface area (Å²) in [5, 5.41) is 2.61. The van der Waals surface area contributed by atoms with Gasteiger partial charge in [-0.15, -0.1) is 0 Å². The van der Waals surface area contributed by atoms with E-state index in [1.807, 2.05) is 26.0 Å². The summed E-state index contributed by atoms with van der Waals surface area (Å²) in [7, 11) is 0. The van der Waals surface area contributed by atoms with E-state index < -0.39 is 6.09 Å². The number of aryl methyl sites for hydroxylation is 1. The lowest BCUT2D eigenvalue weighted by molar-refractivity contribution is -0.118. The number of nitrogens with zero attached hydrogens (tertiary/aromatic N) is 4. The molecular formula is C31H38N4O4. The first kappa shape index (κ1) is 26.9. The Hall–Kier alpha value is -3.65. The number of aromatic nitrogens is 1. The highest BCUT2D eigenvalue weighted by Crippen LogP contribution is 2.30. The number of hydrogen-bond donors (Lipinski definition) is 0. The third-order valence-electron chi connectivity index (χ3n) is 7.66. The molecule has 8 heteroatoms. The van der Waals surface area contributed by atoms with E-state index in [1.165, 1.54) is 16.5 Å². The summed E-state index contributed by atoms with van der Waals surface area (Å²) in [4.78, 5) is 35.8. The van der Waals surface area contributed by atoms with Gasteiger partial charge in [0.05, 0.1) is 6.61 Å². The highest BCUT2D eigenvalue weighted by Gasteiger charge is 2.33. The third-order valence-corrected chi connectivity index (χ3v) is 7.66. The lowest BCUT2D eigenvalue weighted by Gasteiger charge is -2.36. The number of imide groups is 1. The molecule has 1 aromatic heterocycles. The fourth-order valence-electron chi connectivity index (χ4n) is 5.21. The summed E-state index contributed by atoms with van der Waals surface area (Å²) in [6, 6.07) is 18.9. The molecule has 3 heterocycles. The Kier molecular flexibility index (Phi) is 8.61. The van der Waals surface area contributed by atoms with Crippen LogP contribution < -0.4 is 14.5 Å². The van der Waals surface area contributed by atoms with Crippen LogP contribution in [0.1, 0.15) is 45.1 Å². The van der Waals surface area contributed by atoms with Crippen LogP contribution in [0, 0.1) is 0 Å². The van der Waals surface area contributed by atoms with Crippen LogP contribution in [0.25, 0.3) is 10.8 Å². The van der Waals surface area contributed by atoms with E-state index in [-0.39, 0.29) is 18.4 Å². The second-order valence-electron chi connectivity index (χ2n) is 10.3. The van der Waals surface area contributed by atoms with Gasteiger partial charge in [-0.25, -0.2) is 4.79 Å². The Morgan fingerprint density at radius 3 is 2.59 bits per heavy atom. The second-order valence-corrected chi connectivity index (χ2v) is 10.3. The molecule has 0 saturated carbocycles. The largest absolute Gasteiger partial charge is 0.478 e. The molecule has 1 saturated heterocycles. The maximum Gasteiger partial charge on any atom is 0.422 e. The molecule has 0 N–H and O–H groups in total. The molecule has 0 aliphatic carbocycles. The molecular weight excluding hydrogens is 492 g/mol. The maximum absolute atomic E-state index is 12.7. The monoisotopic (exact) mass is 530 g/mol.